The van der Waals surface area contributed by atoms with Gasteiger partial charge in [-0.05, 0) is 68.4 Å². The van der Waals surface area contributed by atoms with Gasteiger partial charge < -0.3 is 10.6 Å². The Labute approximate surface area is 164 Å². The second-order valence-electron chi connectivity index (χ2n) is 6.14. The van der Waals surface area contributed by atoms with E-state index in [0.29, 0.717) is 0 Å². The number of benzene rings is 2. The summed E-state index contributed by atoms with van der Waals surface area (Å²) >= 11 is 0. The van der Waals surface area contributed by atoms with Crippen molar-refractivity contribution in [3.63, 3.8) is 0 Å². The van der Waals surface area contributed by atoms with Crippen molar-refractivity contribution < 1.29 is 17.6 Å². The van der Waals surface area contributed by atoms with E-state index in [1.54, 1.807) is 6.07 Å². The number of hydrogen-bond acceptors (Lipinski definition) is 4. The summed E-state index contributed by atoms with van der Waals surface area (Å²) in [5.41, 5.74) is 0.529. The van der Waals surface area contributed by atoms with Gasteiger partial charge in [0.2, 0.25) is 0 Å². The Morgan fingerprint density at radius 3 is 2.41 bits per heavy atom. The molecule has 3 N–H and O–H groups in total. The fourth-order valence-corrected chi connectivity index (χ4v) is 3.88. The smallest absolute Gasteiger partial charge is 0.261 e. The summed E-state index contributed by atoms with van der Waals surface area (Å²) in [5.74, 6) is -0.750. The van der Waals surface area contributed by atoms with E-state index in [2.05, 4.69) is 15.4 Å². The minimum absolute atomic E-state index is 0. The summed E-state index contributed by atoms with van der Waals surface area (Å²) in [5, 5.41) is 6.15. The zero-order chi connectivity index (χ0) is 18.6. The first-order valence-corrected chi connectivity index (χ1v) is 9.82. The molecule has 0 saturated carbocycles. The maximum absolute atomic E-state index is 13.0. The highest BCUT2D eigenvalue weighted by molar-refractivity contribution is 7.92. The first-order valence-electron chi connectivity index (χ1n) is 8.34. The van der Waals surface area contributed by atoms with Gasteiger partial charge in [0.1, 0.15) is 5.82 Å². The monoisotopic (exact) mass is 413 g/mol. The van der Waals surface area contributed by atoms with E-state index >= 15 is 0 Å². The number of carbonyl (C=O) groups excluding carboxylic acids is 1. The van der Waals surface area contributed by atoms with Gasteiger partial charge in [0.15, 0.2) is 0 Å². The first-order chi connectivity index (χ1) is 12.4. The van der Waals surface area contributed by atoms with Crippen molar-refractivity contribution in [1.29, 1.82) is 0 Å². The standard InChI is InChI=1S/C18H20FN3O3S.ClH/c19-14-4-6-16(7-5-14)22-26(24,25)17-3-1-2-13(12-17)18(23)21-15-8-10-20-11-9-15;/h1-7,12,15,20,22H,8-11H2,(H,21,23);1H. The molecule has 2 aromatic carbocycles. The van der Waals surface area contributed by atoms with Crippen LogP contribution >= 0.6 is 12.4 Å². The Morgan fingerprint density at radius 2 is 1.74 bits per heavy atom. The van der Waals surface area contributed by atoms with Crippen LogP contribution in [-0.2, 0) is 10.0 Å². The van der Waals surface area contributed by atoms with Crippen molar-refractivity contribution in [3.8, 4) is 0 Å². The molecule has 0 aliphatic carbocycles. The second kappa shape index (κ2) is 9.16. The number of sulfonamides is 1. The summed E-state index contributed by atoms with van der Waals surface area (Å²) in [7, 11) is -3.88. The maximum Gasteiger partial charge on any atom is 0.261 e. The summed E-state index contributed by atoms with van der Waals surface area (Å²) in [6.45, 7) is 1.70. The lowest BCUT2D eigenvalue weighted by atomic mass is 10.1. The van der Waals surface area contributed by atoms with E-state index in [1.807, 2.05) is 0 Å². The molecule has 0 aromatic heterocycles. The van der Waals surface area contributed by atoms with Crippen LogP contribution in [0, 0.1) is 5.82 Å². The normalized spacial score (nSPS) is 14.9. The number of hydrogen-bond donors (Lipinski definition) is 3. The number of rotatable bonds is 5. The molecular formula is C18H21ClFN3O3S. The van der Waals surface area contributed by atoms with E-state index in [9.17, 15) is 17.6 Å². The van der Waals surface area contributed by atoms with E-state index in [1.165, 1.54) is 42.5 Å². The predicted molar refractivity (Wildman–Crippen MR) is 104 cm³/mol. The molecule has 0 atom stereocenters. The zero-order valence-corrected chi connectivity index (χ0v) is 16.1. The maximum atomic E-state index is 13.0. The molecule has 0 radical (unpaired) electrons. The molecule has 9 heteroatoms. The van der Waals surface area contributed by atoms with Gasteiger partial charge in [-0.15, -0.1) is 12.4 Å². The fraction of sp³-hybridized carbons (Fsp3) is 0.278. The van der Waals surface area contributed by atoms with E-state index < -0.39 is 15.8 Å². The highest BCUT2D eigenvalue weighted by Gasteiger charge is 2.19. The van der Waals surface area contributed by atoms with Gasteiger partial charge in [-0.2, -0.15) is 0 Å². The van der Waals surface area contributed by atoms with Crippen molar-refractivity contribution in [3.05, 3.63) is 59.9 Å². The van der Waals surface area contributed by atoms with Crippen LogP contribution in [0.5, 0.6) is 0 Å². The van der Waals surface area contributed by atoms with Crippen LogP contribution in [-0.4, -0.2) is 33.5 Å². The van der Waals surface area contributed by atoms with Crippen LogP contribution in [0.3, 0.4) is 0 Å². The summed E-state index contributed by atoms with van der Waals surface area (Å²) in [6, 6.07) is 10.9. The van der Waals surface area contributed by atoms with Crippen molar-refractivity contribution in [2.75, 3.05) is 17.8 Å². The Bertz CT molecular complexity index is 885. The van der Waals surface area contributed by atoms with Crippen LogP contribution in [0.1, 0.15) is 23.2 Å². The van der Waals surface area contributed by atoms with Crippen LogP contribution in [0.15, 0.2) is 53.4 Å². The van der Waals surface area contributed by atoms with Gasteiger partial charge >= 0.3 is 0 Å². The molecule has 0 bridgehead atoms. The van der Waals surface area contributed by atoms with Crippen molar-refractivity contribution in [2.24, 2.45) is 0 Å². The van der Waals surface area contributed by atoms with Gasteiger partial charge in [-0.25, -0.2) is 12.8 Å². The fourth-order valence-electron chi connectivity index (χ4n) is 2.77. The summed E-state index contributed by atoms with van der Waals surface area (Å²) < 4.78 is 40.3. The minimum Gasteiger partial charge on any atom is -0.349 e. The third-order valence-corrected chi connectivity index (χ3v) is 5.56. The molecule has 0 unspecified atom stereocenters. The molecule has 1 amide bonds. The van der Waals surface area contributed by atoms with Crippen LogP contribution in [0.25, 0.3) is 0 Å². The third-order valence-electron chi connectivity index (χ3n) is 4.18. The average molecular weight is 414 g/mol. The molecular weight excluding hydrogens is 393 g/mol. The number of piperidine rings is 1. The Balaban J connectivity index is 0.00000261. The molecule has 1 aliphatic heterocycles. The highest BCUT2D eigenvalue weighted by atomic mass is 35.5. The number of halogens is 2. The lowest BCUT2D eigenvalue weighted by Gasteiger charge is -2.23. The third kappa shape index (κ3) is 5.66. The van der Waals surface area contributed by atoms with Gasteiger partial charge in [0.05, 0.1) is 4.90 Å². The van der Waals surface area contributed by atoms with Crippen LogP contribution in [0.2, 0.25) is 0 Å². The SMILES string of the molecule is Cl.O=C(NC1CCNCC1)c1cccc(S(=O)(=O)Nc2ccc(F)cc2)c1. The van der Waals surface area contributed by atoms with Gasteiger partial charge in [0.25, 0.3) is 15.9 Å². The van der Waals surface area contributed by atoms with Crippen molar-refractivity contribution in [2.45, 2.75) is 23.8 Å². The average Bonchev–Trinajstić information content (AvgIpc) is 2.64. The largest absolute Gasteiger partial charge is 0.349 e. The molecule has 0 spiro atoms. The topological polar surface area (TPSA) is 87.3 Å². The van der Waals surface area contributed by atoms with Crippen LogP contribution in [0.4, 0.5) is 10.1 Å². The molecule has 1 saturated heterocycles. The Morgan fingerprint density at radius 1 is 1.07 bits per heavy atom. The lowest BCUT2D eigenvalue weighted by Crippen LogP contribution is -2.42. The first kappa shape index (κ1) is 21.1. The van der Waals surface area contributed by atoms with Gasteiger partial charge in [-0.1, -0.05) is 6.07 Å². The molecule has 3 rings (SSSR count). The van der Waals surface area contributed by atoms with E-state index in [0.717, 1.165) is 25.9 Å². The number of anilines is 1. The highest BCUT2D eigenvalue weighted by Crippen LogP contribution is 2.18. The predicted octanol–water partition coefficient (Wildman–Crippen LogP) is 2.53. The van der Waals surface area contributed by atoms with Gasteiger partial charge in [0, 0.05) is 17.3 Å². The second-order valence-corrected chi connectivity index (χ2v) is 7.82. The van der Waals surface area contributed by atoms with Gasteiger partial charge in [-0.3, -0.25) is 9.52 Å². The number of nitrogens with one attached hydrogen (secondary N) is 3. The molecule has 2 aromatic rings. The Hall–Kier alpha value is -2.16. The molecule has 1 fully saturated rings. The molecule has 1 heterocycles. The van der Waals surface area contributed by atoms with E-state index in [-0.39, 0.29) is 40.5 Å². The Kier molecular flexibility index (Phi) is 7.18. The summed E-state index contributed by atoms with van der Waals surface area (Å²) in [6.07, 6.45) is 1.69. The summed E-state index contributed by atoms with van der Waals surface area (Å²) in [4.78, 5) is 12.4. The molecule has 27 heavy (non-hydrogen) atoms. The van der Waals surface area contributed by atoms with Crippen molar-refractivity contribution >= 4 is 34.0 Å². The minimum atomic E-state index is -3.88. The zero-order valence-electron chi connectivity index (χ0n) is 14.4. The quantitative estimate of drug-likeness (QED) is 0.703. The van der Waals surface area contributed by atoms with E-state index in [4.69, 9.17) is 0 Å². The number of amides is 1. The molecule has 1 aliphatic rings. The van der Waals surface area contributed by atoms with Crippen LogP contribution < -0.4 is 15.4 Å². The molecule has 6 nitrogen and oxygen atoms in total. The number of carbonyl (C=O) groups is 1. The lowest BCUT2D eigenvalue weighted by molar-refractivity contribution is 0.0929. The van der Waals surface area contributed by atoms with Crippen molar-refractivity contribution in [1.82, 2.24) is 10.6 Å². The molecule has 146 valence electrons.